The molecule has 0 atom stereocenters. The molecule has 2 aromatic rings. The summed E-state index contributed by atoms with van der Waals surface area (Å²) in [7, 11) is 0. The summed E-state index contributed by atoms with van der Waals surface area (Å²) in [6.45, 7) is 8.64. The van der Waals surface area contributed by atoms with Crippen molar-refractivity contribution in [3.05, 3.63) is 43.8 Å². The van der Waals surface area contributed by atoms with Crippen LogP contribution in [0.5, 0.6) is 0 Å². The van der Waals surface area contributed by atoms with Crippen molar-refractivity contribution in [3.63, 3.8) is 0 Å². The third kappa shape index (κ3) is 5.21. The Morgan fingerprint density at radius 2 is 2.04 bits per heavy atom. The lowest BCUT2D eigenvalue weighted by molar-refractivity contribution is 0.0362. The molecule has 1 aliphatic rings. The van der Waals surface area contributed by atoms with Gasteiger partial charge in [0.15, 0.2) is 0 Å². The van der Waals surface area contributed by atoms with E-state index < -0.39 is 0 Å². The molecule has 0 saturated carbocycles. The first-order valence-electron chi connectivity index (χ1n) is 9.12. The summed E-state index contributed by atoms with van der Waals surface area (Å²) in [4.78, 5) is 27.6. The number of rotatable bonds is 7. The molecule has 2 aromatic heterocycles. The SMILES string of the molecule is Cc1nnc(CCNC(=O)c2c(C)ccn(CCN3CCOCC3)c2=O)s1. The zero-order chi connectivity index (χ0) is 19.2. The van der Waals surface area contributed by atoms with Crippen LogP contribution in [0, 0.1) is 13.8 Å². The van der Waals surface area contributed by atoms with Crippen molar-refractivity contribution in [3.8, 4) is 0 Å². The first-order valence-corrected chi connectivity index (χ1v) is 9.93. The highest BCUT2D eigenvalue weighted by Crippen LogP contribution is 2.08. The fraction of sp³-hybridized carbons (Fsp3) is 0.556. The van der Waals surface area contributed by atoms with E-state index in [9.17, 15) is 9.59 Å². The first-order chi connectivity index (χ1) is 13.0. The van der Waals surface area contributed by atoms with Gasteiger partial charge in [0.2, 0.25) is 0 Å². The number of nitrogens with one attached hydrogen (secondary N) is 1. The van der Waals surface area contributed by atoms with Gasteiger partial charge in [-0.2, -0.15) is 0 Å². The molecule has 0 bridgehead atoms. The molecule has 8 nitrogen and oxygen atoms in total. The predicted octanol–water partition coefficient (Wildman–Crippen LogP) is 0.621. The number of hydrogen-bond donors (Lipinski definition) is 1. The number of amides is 1. The Balaban J connectivity index is 1.61. The van der Waals surface area contributed by atoms with Crippen LogP contribution in [-0.4, -0.2) is 65.0 Å². The summed E-state index contributed by atoms with van der Waals surface area (Å²) in [6, 6.07) is 1.82. The average Bonchev–Trinajstić information content (AvgIpc) is 3.07. The number of ether oxygens (including phenoxy) is 1. The molecule has 0 aliphatic carbocycles. The Morgan fingerprint density at radius 3 is 2.74 bits per heavy atom. The van der Waals surface area contributed by atoms with Crippen molar-refractivity contribution in [2.45, 2.75) is 26.8 Å². The Kier molecular flexibility index (Phi) is 6.70. The molecule has 1 aliphatic heterocycles. The molecule has 0 spiro atoms. The van der Waals surface area contributed by atoms with Crippen molar-refractivity contribution in [1.82, 2.24) is 25.0 Å². The van der Waals surface area contributed by atoms with Gasteiger partial charge in [-0.1, -0.05) is 0 Å². The molecule has 9 heteroatoms. The number of carbonyl (C=O) groups excluding carboxylic acids is 1. The van der Waals surface area contributed by atoms with E-state index in [2.05, 4.69) is 20.4 Å². The maximum atomic E-state index is 12.8. The smallest absolute Gasteiger partial charge is 0.263 e. The van der Waals surface area contributed by atoms with Crippen molar-refractivity contribution in [2.24, 2.45) is 0 Å². The molecule has 0 unspecified atom stereocenters. The maximum absolute atomic E-state index is 12.8. The minimum Gasteiger partial charge on any atom is -0.379 e. The predicted molar refractivity (Wildman–Crippen MR) is 103 cm³/mol. The van der Waals surface area contributed by atoms with Crippen molar-refractivity contribution >= 4 is 17.2 Å². The summed E-state index contributed by atoms with van der Waals surface area (Å²) >= 11 is 1.51. The second-order valence-corrected chi connectivity index (χ2v) is 7.81. The van der Waals surface area contributed by atoms with Gasteiger partial charge in [-0.3, -0.25) is 14.5 Å². The number of morpholine rings is 1. The highest BCUT2D eigenvalue weighted by molar-refractivity contribution is 7.11. The number of hydrogen-bond acceptors (Lipinski definition) is 7. The third-order valence-electron chi connectivity index (χ3n) is 4.55. The third-order valence-corrected chi connectivity index (χ3v) is 5.45. The Morgan fingerprint density at radius 1 is 1.26 bits per heavy atom. The van der Waals surface area contributed by atoms with Gasteiger partial charge in [0, 0.05) is 45.3 Å². The summed E-state index contributed by atoms with van der Waals surface area (Å²) in [5, 5.41) is 12.6. The van der Waals surface area contributed by atoms with Gasteiger partial charge >= 0.3 is 0 Å². The van der Waals surface area contributed by atoms with E-state index in [1.807, 2.05) is 13.0 Å². The minimum absolute atomic E-state index is 0.216. The Hall–Kier alpha value is -2.10. The summed E-state index contributed by atoms with van der Waals surface area (Å²) in [5.41, 5.74) is 0.660. The van der Waals surface area contributed by atoms with E-state index in [1.54, 1.807) is 17.7 Å². The minimum atomic E-state index is -0.334. The van der Waals surface area contributed by atoms with Crippen LogP contribution >= 0.6 is 11.3 Å². The lowest BCUT2D eigenvalue weighted by Gasteiger charge is -2.26. The molecule has 0 aromatic carbocycles. The van der Waals surface area contributed by atoms with E-state index in [0.717, 1.165) is 42.9 Å². The molecule has 1 fully saturated rings. The van der Waals surface area contributed by atoms with Gasteiger partial charge < -0.3 is 14.6 Å². The first kappa shape index (κ1) is 19.7. The zero-order valence-corrected chi connectivity index (χ0v) is 16.5. The number of carbonyl (C=O) groups is 1. The standard InChI is InChI=1S/C18H25N5O3S/c1-13-4-6-23(8-7-22-9-11-26-12-10-22)18(25)16(13)17(24)19-5-3-15-21-20-14(2)27-15/h4,6H,3,5,7-12H2,1-2H3,(H,19,24). The Bertz CT molecular complexity index is 842. The van der Waals surface area contributed by atoms with Crippen molar-refractivity contribution in [1.29, 1.82) is 0 Å². The topological polar surface area (TPSA) is 89.3 Å². The van der Waals surface area contributed by atoms with Crippen LogP contribution in [0.4, 0.5) is 0 Å². The molecule has 146 valence electrons. The molecule has 1 saturated heterocycles. The number of pyridine rings is 1. The molecular weight excluding hydrogens is 366 g/mol. The van der Waals surface area contributed by atoms with Crippen LogP contribution < -0.4 is 10.9 Å². The van der Waals surface area contributed by atoms with Gasteiger partial charge in [0.05, 0.1) is 13.2 Å². The van der Waals surface area contributed by atoms with E-state index in [1.165, 1.54) is 11.3 Å². The van der Waals surface area contributed by atoms with Crippen LogP contribution in [0.3, 0.4) is 0 Å². The fourth-order valence-electron chi connectivity index (χ4n) is 3.00. The number of aryl methyl sites for hydroxylation is 2. The summed E-state index contributed by atoms with van der Waals surface area (Å²) in [5.74, 6) is -0.334. The molecule has 27 heavy (non-hydrogen) atoms. The quantitative estimate of drug-likeness (QED) is 0.744. The van der Waals surface area contributed by atoms with E-state index >= 15 is 0 Å². The van der Waals surface area contributed by atoms with E-state index in [4.69, 9.17) is 4.74 Å². The summed E-state index contributed by atoms with van der Waals surface area (Å²) < 4.78 is 6.96. The average molecular weight is 391 g/mol. The van der Waals surface area contributed by atoms with Crippen LogP contribution in [0.2, 0.25) is 0 Å². The molecule has 1 amide bonds. The normalized spacial score (nSPS) is 15.0. The second kappa shape index (κ2) is 9.20. The largest absolute Gasteiger partial charge is 0.379 e. The lowest BCUT2D eigenvalue weighted by atomic mass is 10.1. The van der Waals surface area contributed by atoms with Gasteiger partial charge in [-0.05, 0) is 25.5 Å². The van der Waals surface area contributed by atoms with Gasteiger partial charge in [-0.15, -0.1) is 21.5 Å². The number of aromatic nitrogens is 3. The van der Waals surface area contributed by atoms with Crippen molar-refractivity contribution < 1.29 is 9.53 Å². The van der Waals surface area contributed by atoms with Crippen LogP contribution in [-0.2, 0) is 17.7 Å². The maximum Gasteiger partial charge on any atom is 0.263 e. The summed E-state index contributed by atoms with van der Waals surface area (Å²) in [6.07, 6.45) is 2.37. The molecule has 1 N–H and O–H groups in total. The van der Waals surface area contributed by atoms with Gasteiger partial charge in [0.1, 0.15) is 15.6 Å². The Labute approximate surface area is 162 Å². The van der Waals surface area contributed by atoms with Crippen molar-refractivity contribution in [2.75, 3.05) is 39.4 Å². The molecular formula is C18H25N5O3S. The second-order valence-electron chi connectivity index (χ2n) is 6.55. The highest BCUT2D eigenvalue weighted by Gasteiger charge is 2.17. The van der Waals surface area contributed by atoms with E-state index in [0.29, 0.717) is 25.1 Å². The van der Waals surface area contributed by atoms with E-state index in [-0.39, 0.29) is 17.0 Å². The highest BCUT2D eigenvalue weighted by atomic mass is 32.1. The van der Waals surface area contributed by atoms with Gasteiger partial charge in [0.25, 0.3) is 11.5 Å². The monoisotopic (exact) mass is 391 g/mol. The molecule has 3 rings (SSSR count). The molecule has 0 radical (unpaired) electrons. The van der Waals surface area contributed by atoms with Crippen LogP contribution in [0.25, 0.3) is 0 Å². The zero-order valence-electron chi connectivity index (χ0n) is 15.7. The number of nitrogens with zero attached hydrogens (tertiary/aromatic N) is 4. The molecule has 3 heterocycles. The van der Waals surface area contributed by atoms with Crippen LogP contribution in [0.15, 0.2) is 17.1 Å². The fourth-order valence-corrected chi connectivity index (χ4v) is 3.71. The lowest BCUT2D eigenvalue weighted by Crippen LogP contribution is -2.40. The van der Waals surface area contributed by atoms with Gasteiger partial charge in [-0.25, -0.2) is 0 Å². The van der Waals surface area contributed by atoms with Crippen LogP contribution in [0.1, 0.15) is 25.9 Å².